The van der Waals surface area contributed by atoms with Crippen LogP contribution >= 0.6 is 11.6 Å². The highest BCUT2D eigenvalue weighted by Gasteiger charge is 2.32. The number of aromatic nitrogens is 2. The van der Waals surface area contributed by atoms with Crippen molar-refractivity contribution < 1.29 is 23.8 Å². The highest BCUT2D eigenvalue weighted by Crippen LogP contribution is 2.37. The van der Waals surface area contributed by atoms with Gasteiger partial charge in [0.05, 0.1) is 26.5 Å². The Bertz CT molecular complexity index is 1110. The summed E-state index contributed by atoms with van der Waals surface area (Å²) in [6, 6.07) is 14.0. The summed E-state index contributed by atoms with van der Waals surface area (Å²) in [6.45, 7) is 4.68. The summed E-state index contributed by atoms with van der Waals surface area (Å²) >= 11 is 6.27. The predicted molar refractivity (Wildman–Crippen MR) is 122 cm³/mol. The van der Waals surface area contributed by atoms with Crippen LogP contribution in [-0.2, 0) is 9.47 Å². The number of esters is 2. The van der Waals surface area contributed by atoms with Gasteiger partial charge in [0.1, 0.15) is 17.0 Å². The lowest BCUT2D eigenvalue weighted by Crippen LogP contribution is -2.15. The van der Waals surface area contributed by atoms with Gasteiger partial charge in [-0.1, -0.05) is 43.6 Å². The lowest BCUT2D eigenvalue weighted by molar-refractivity contribution is 0.0549. The van der Waals surface area contributed by atoms with Crippen molar-refractivity contribution in [2.45, 2.75) is 20.3 Å². The smallest absolute Gasteiger partial charge is 0.357 e. The summed E-state index contributed by atoms with van der Waals surface area (Å²) in [6.07, 6.45) is 0.845. The molecule has 0 aliphatic rings. The fourth-order valence-corrected chi connectivity index (χ4v) is 3.33. The average Bonchev–Trinajstić information content (AvgIpc) is 3.19. The molecule has 0 radical (unpaired) electrons. The molecular weight excluding hydrogens is 432 g/mol. The molecule has 0 bridgehead atoms. The summed E-state index contributed by atoms with van der Waals surface area (Å²) in [5.74, 6) is -0.498. The van der Waals surface area contributed by atoms with Gasteiger partial charge >= 0.3 is 11.9 Å². The van der Waals surface area contributed by atoms with Gasteiger partial charge in [-0.2, -0.15) is 5.10 Å². The van der Waals surface area contributed by atoms with Crippen LogP contribution in [0.15, 0.2) is 48.5 Å². The van der Waals surface area contributed by atoms with Crippen LogP contribution in [0.25, 0.3) is 16.9 Å². The van der Waals surface area contributed by atoms with Gasteiger partial charge in [0, 0.05) is 10.6 Å². The van der Waals surface area contributed by atoms with Crippen LogP contribution in [0.2, 0.25) is 5.02 Å². The molecule has 8 heteroatoms. The minimum Gasteiger partial charge on any atom is -0.493 e. The first kappa shape index (κ1) is 23.3. The highest BCUT2D eigenvalue weighted by molar-refractivity contribution is 6.31. The standard InChI is InChI=1S/C24H25ClN2O5/c1-15(2)12-13-32-19-11-10-16(25)14-18(19)21-20(23(28)30-3)22(24(29)31-4)27(26-21)17-8-6-5-7-9-17/h5-11,14-15H,12-13H2,1-4H3. The quantitative estimate of drug-likeness (QED) is 0.434. The van der Waals surface area contributed by atoms with Crippen molar-refractivity contribution in [3.63, 3.8) is 0 Å². The van der Waals surface area contributed by atoms with Crippen LogP contribution in [-0.4, -0.2) is 42.5 Å². The molecule has 0 aliphatic heterocycles. The van der Waals surface area contributed by atoms with Gasteiger partial charge in [0.25, 0.3) is 0 Å². The molecule has 1 heterocycles. The Kier molecular flexibility index (Phi) is 7.53. The monoisotopic (exact) mass is 456 g/mol. The van der Waals surface area contributed by atoms with Crippen molar-refractivity contribution in [1.82, 2.24) is 9.78 Å². The zero-order valence-corrected chi connectivity index (χ0v) is 19.2. The largest absolute Gasteiger partial charge is 0.493 e. The van der Waals surface area contributed by atoms with E-state index in [9.17, 15) is 9.59 Å². The maximum absolute atomic E-state index is 12.8. The minimum atomic E-state index is -0.726. The van der Waals surface area contributed by atoms with Gasteiger partial charge in [-0.05, 0) is 42.7 Å². The number of carbonyl (C=O) groups is 2. The molecular formula is C24H25ClN2O5. The maximum Gasteiger partial charge on any atom is 0.357 e. The first-order valence-corrected chi connectivity index (χ1v) is 10.5. The molecule has 3 aromatic rings. The van der Waals surface area contributed by atoms with E-state index >= 15 is 0 Å². The predicted octanol–water partition coefficient (Wildman–Crippen LogP) is 5.19. The van der Waals surface area contributed by atoms with Crippen molar-refractivity contribution in [1.29, 1.82) is 0 Å². The second kappa shape index (κ2) is 10.3. The van der Waals surface area contributed by atoms with Gasteiger partial charge in [0.2, 0.25) is 0 Å². The number of hydrogen-bond acceptors (Lipinski definition) is 6. The third-order valence-electron chi connectivity index (χ3n) is 4.80. The van der Waals surface area contributed by atoms with Gasteiger partial charge in [-0.25, -0.2) is 14.3 Å². The summed E-state index contributed by atoms with van der Waals surface area (Å²) in [5, 5.41) is 5.04. The van der Waals surface area contributed by atoms with E-state index < -0.39 is 11.9 Å². The molecule has 0 amide bonds. The second-order valence-electron chi connectivity index (χ2n) is 7.47. The van der Waals surface area contributed by atoms with Crippen LogP contribution in [0.1, 0.15) is 41.1 Å². The Hall–Kier alpha value is -3.32. The number of ether oxygens (including phenoxy) is 3. The van der Waals surface area contributed by atoms with Crippen molar-refractivity contribution in [2.75, 3.05) is 20.8 Å². The zero-order chi connectivity index (χ0) is 23.3. The molecule has 0 atom stereocenters. The third-order valence-corrected chi connectivity index (χ3v) is 5.04. The van der Waals surface area contributed by atoms with E-state index in [1.807, 2.05) is 6.07 Å². The Morgan fingerprint density at radius 1 is 1.03 bits per heavy atom. The number of halogens is 1. The van der Waals surface area contributed by atoms with E-state index in [4.69, 9.17) is 25.8 Å². The normalized spacial score (nSPS) is 10.8. The average molecular weight is 457 g/mol. The van der Waals surface area contributed by atoms with Crippen molar-refractivity contribution in [2.24, 2.45) is 5.92 Å². The summed E-state index contributed by atoms with van der Waals surface area (Å²) in [7, 11) is 2.48. The number of benzene rings is 2. The molecule has 3 rings (SSSR count). The topological polar surface area (TPSA) is 79.7 Å². The van der Waals surface area contributed by atoms with E-state index in [2.05, 4.69) is 18.9 Å². The molecule has 32 heavy (non-hydrogen) atoms. The van der Waals surface area contributed by atoms with E-state index in [0.717, 1.165) is 6.42 Å². The van der Waals surface area contributed by atoms with Crippen LogP contribution in [0.4, 0.5) is 0 Å². The van der Waals surface area contributed by atoms with E-state index in [0.29, 0.717) is 34.5 Å². The number of carbonyl (C=O) groups excluding carboxylic acids is 2. The molecule has 0 aliphatic carbocycles. The van der Waals surface area contributed by atoms with Gasteiger partial charge in [-0.3, -0.25) is 0 Å². The Morgan fingerprint density at radius 3 is 2.34 bits per heavy atom. The van der Waals surface area contributed by atoms with E-state index in [1.165, 1.54) is 18.9 Å². The van der Waals surface area contributed by atoms with Crippen molar-refractivity contribution in [3.8, 4) is 22.7 Å². The Morgan fingerprint density at radius 2 is 1.72 bits per heavy atom. The van der Waals surface area contributed by atoms with Crippen molar-refractivity contribution >= 4 is 23.5 Å². The number of para-hydroxylation sites is 1. The number of hydrogen-bond donors (Lipinski definition) is 0. The molecule has 0 fully saturated rings. The molecule has 0 unspecified atom stereocenters. The second-order valence-corrected chi connectivity index (χ2v) is 7.91. The third kappa shape index (κ3) is 4.94. The first-order valence-electron chi connectivity index (χ1n) is 10.1. The van der Waals surface area contributed by atoms with Crippen LogP contribution in [0.3, 0.4) is 0 Å². The van der Waals surface area contributed by atoms with Crippen LogP contribution < -0.4 is 4.74 Å². The number of methoxy groups -OCH3 is 2. The SMILES string of the molecule is COC(=O)c1c(-c2cc(Cl)ccc2OCCC(C)C)nn(-c2ccccc2)c1C(=O)OC. The summed E-state index contributed by atoms with van der Waals surface area (Å²) in [5.41, 5.74) is 1.19. The fourth-order valence-electron chi connectivity index (χ4n) is 3.16. The number of rotatable bonds is 8. The van der Waals surface area contributed by atoms with Gasteiger partial charge < -0.3 is 14.2 Å². The fraction of sp³-hybridized carbons (Fsp3) is 0.292. The first-order chi connectivity index (χ1) is 15.4. The maximum atomic E-state index is 12.8. The summed E-state index contributed by atoms with van der Waals surface area (Å²) in [4.78, 5) is 25.6. The van der Waals surface area contributed by atoms with E-state index in [-0.39, 0.29) is 17.0 Å². The highest BCUT2D eigenvalue weighted by atomic mass is 35.5. The molecule has 1 aromatic heterocycles. The molecule has 0 saturated heterocycles. The number of nitrogens with zero attached hydrogens (tertiary/aromatic N) is 2. The Balaban J connectivity index is 2.27. The van der Waals surface area contributed by atoms with Gasteiger partial charge in [0.15, 0.2) is 5.69 Å². The lowest BCUT2D eigenvalue weighted by atomic mass is 10.0. The molecule has 2 aromatic carbocycles. The molecule has 0 saturated carbocycles. The van der Waals surface area contributed by atoms with Gasteiger partial charge in [-0.15, -0.1) is 0 Å². The summed E-state index contributed by atoms with van der Waals surface area (Å²) < 4.78 is 17.3. The van der Waals surface area contributed by atoms with Crippen LogP contribution in [0.5, 0.6) is 5.75 Å². The molecule has 0 N–H and O–H groups in total. The van der Waals surface area contributed by atoms with Crippen LogP contribution in [0, 0.1) is 5.92 Å². The molecule has 7 nitrogen and oxygen atoms in total. The lowest BCUT2D eigenvalue weighted by Gasteiger charge is -2.12. The molecule has 0 spiro atoms. The molecule has 168 valence electrons. The van der Waals surface area contributed by atoms with E-state index in [1.54, 1.807) is 42.5 Å². The minimum absolute atomic E-state index is 0.0285. The zero-order valence-electron chi connectivity index (χ0n) is 18.4. The Labute approximate surface area is 191 Å². The van der Waals surface area contributed by atoms with Crippen molar-refractivity contribution in [3.05, 3.63) is 64.8 Å².